The molecule has 0 bridgehead atoms. The van der Waals surface area contributed by atoms with Crippen LogP contribution in [0.5, 0.6) is 5.75 Å². The molecule has 2 rings (SSSR count). The molecule has 0 fully saturated rings. The van der Waals surface area contributed by atoms with Crippen molar-refractivity contribution in [1.82, 2.24) is 0 Å². The van der Waals surface area contributed by atoms with Crippen molar-refractivity contribution in [3.8, 4) is 11.8 Å². The topological polar surface area (TPSA) is 62.1 Å². The molecule has 1 amide bonds. The van der Waals surface area contributed by atoms with E-state index in [0.29, 0.717) is 11.4 Å². The molecule has 0 radical (unpaired) electrons. The van der Waals surface area contributed by atoms with Gasteiger partial charge in [0.15, 0.2) is 18.2 Å². The zero-order valence-corrected chi connectivity index (χ0v) is 10.8. The fourth-order valence-electron chi connectivity index (χ4n) is 1.64. The molecule has 1 N–H and O–H groups in total. The van der Waals surface area contributed by atoms with Crippen LogP contribution >= 0.6 is 0 Å². The predicted molar refractivity (Wildman–Crippen MR) is 71.9 cm³/mol. The molecule has 0 aliphatic heterocycles. The highest BCUT2D eigenvalue weighted by Gasteiger charge is 2.12. The predicted octanol–water partition coefficient (Wildman–Crippen LogP) is 3.12. The van der Waals surface area contributed by atoms with E-state index in [0.717, 1.165) is 12.1 Å². The smallest absolute Gasteiger partial charge is 0.255 e. The zero-order chi connectivity index (χ0) is 15.2. The fraction of sp³-hybridized carbons (Fsp3) is 0.0667. The van der Waals surface area contributed by atoms with Crippen LogP contribution in [0.3, 0.4) is 0 Å². The van der Waals surface area contributed by atoms with E-state index in [4.69, 9.17) is 10.00 Å². The normalized spacial score (nSPS) is 9.76. The summed E-state index contributed by atoms with van der Waals surface area (Å²) in [5.74, 6) is -2.42. The minimum atomic E-state index is -1.10. The van der Waals surface area contributed by atoms with Gasteiger partial charge in [-0.1, -0.05) is 12.1 Å². The van der Waals surface area contributed by atoms with Crippen molar-refractivity contribution in [3.63, 3.8) is 0 Å². The van der Waals surface area contributed by atoms with Gasteiger partial charge in [0.05, 0.1) is 5.69 Å². The molecule has 0 saturated heterocycles. The lowest BCUT2D eigenvalue weighted by Gasteiger charge is -2.10. The molecule has 0 unspecified atom stereocenters. The lowest BCUT2D eigenvalue weighted by atomic mass is 10.2. The van der Waals surface area contributed by atoms with Crippen molar-refractivity contribution in [2.75, 3.05) is 11.9 Å². The Morgan fingerprint density at radius 3 is 2.67 bits per heavy atom. The average molecular weight is 288 g/mol. The number of halogens is 2. The summed E-state index contributed by atoms with van der Waals surface area (Å²) in [6.07, 6.45) is 0. The lowest BCUT2D eigenvalue weighted by Crippen LogP contribution is -2.13. The molecule has 6 heteroatoms. The second kappa shape index (κ2) is 6.48. The molecule has 0 aliphatic rings. The van der Waals surface area contributed by atoms with Crippen molar-refractivity contribution in [2.45, 2.75) is 0 Å². The van der Waals surface area contributed by atoms with Gasteiger partial charge >= 0.3 is 0 Å². The summed E-state index contributed by atoms with van der Waals surface area (Å²) in [7, 11) is 0. The number of anilines is 1. The van der Waals surface area contributed by atoms with Gasteiger partial charge in [0, 0.05) is 5.56 Å². The lowest BCUT2D eigenvalue weighted by molar-refractivity contribution is 0.102. The highest BCUT2D eigenvalue weighted by atomic mass is 19.2. The van der Waals surface area contributed by atoms with E-state index in [1.807, 2.05) is 6.07 Å². The summed E-state index contributed by atoms with van der Waals surface area (Å²) in [5, 5.41) is 11.0. The minimum absolute atomic E-state index is 0.0241. The zero-order valence-electron chi connectivity index (χ0n) is 10.8. The first kappa shape index (κ1) is 14.5. The van der Waals surface area contributed by atoms with Crippen LogP contribution < -0.4 is 10.1 Å². The Morgan fingerprint density at radius 1 is 1.19 bits per heavy atom. The summed E-state index contributed by atoms with van der Waals surface area (Å²) in [6, 6.07) is 11.2. The maximum Gasteiger partial charge on any atom is 0.255 e. The number of nitrogens with zero attached hydrogens (tertiary/aromatic N) is 1. The van der Waals surface area contributed by atoms with E-state index < -0.39 is 17.5 Å². The van der Waals surface area contributed by atoms with E-state index in [1.54, 1.807) is 24.3 Å². The highest BCUT2D eigenvalue weighted by molar-refractivity contribution is 6.05. The van der Waals surface area contributed by atoms with E-state index >= 15 is 0 Å². The Balaban J connectivity index is 2.19. The molecule has 2 aromatic carbocycles. The summed E-state index contributed by atoms with van der Waals surface area (Å²) < 4.78 is 31.1. The Morgan fingerprint density at radius 2 is 1.95 bits per heavy atom. The largest absolute Gasteiger partial charge is 0.477 e. The minimum Gasteiger partial charge on any atom is -0.477 e. The average Bonchev–Trinajstić information content (AvgIpc) is 2.49. The quantitative estimate of drug-likeness (QED) is 0.940. The molecule has 0 aliphatic carbocycles. The van der Waals surface area contributed by atoms with Gasteiger partial charge < -0.3 is 10.1 Å². The first-order valence-electron chi connectivity index (χ1n) is 5.97. The number of nitrogens with one attached hydrogen (secondary N) is 1. The van der Waals surface area contributed by atoms with Crippen LogP contribution in [0.15, 0.2) is 42.5 Å². The first-order chi connectivity index (χ1) is 10.1. The van der Waals surface area contributed by atoms with Crippen molar-refractivity contribution < 1.29 is 18.3 Å². The Hall–Kier alpha value is -2.94. The maximum atomic E-state index is 13.1. The molecule has 0 aromatic heterocycles. The number of amides is 1. The molecule has 2 aromatic rings. The van der Waals surface area contributed by atoms with Gasteiger partial charge in [0.25, 0.3) is 5.91 Å². The van der Waals surface area contributed by atoms with Crippen LogP contribution in [0.25, 0.3) is 0 Å². The number of carbonyl (C=O) groups excluding carboxylic acids is 1. The number of hydrogen-bond acceptors (Lipinski definition) is 3. The van der Waals surface area contributed by atoms with Gasteiger partial charge in [-0.3, -0.25) is 4.79 Å². The number of ether oxygens (including phenoxy) is 1. The van der Waals surface area contributed by atoms with Crippen LogP contribution in [0, 0.1) is 23.0 Å². The van der Waals surface area contributed by atoms with Crippen molar-refractivity contribution in [1.29, 1.82) is 5.26 Å². The summed E-state index contributed by atoms with van der Waals surface area (Å²) in [5.41, 5.74) is 0.312. The maximum absolute atomic E-state index is 13.1. The van der Waals surface area contributed by atoms with Gasteiger partial charge in [-0.25, -0.2) is 8.78 Å². The van der Waals surface area contributed by atoms with Gasteiger partial charge in [-0.2, -0.15) is 5.26 Å². The summed E-state index contributed by atoms with van der Waals surface area (Å²) in [6.45, 7) is -0.169. The third-order valence-electron chi connectivity index (χ3n) is 2.61. The third-order valence-corrected chi connectivity index (χ3v) is 2.61. The second-order valence-electron chi connectivity index (χ2n) is 4.03. The highest BCUT2D eigenvalue weighted by Crippen LogP contribution is 2.24. The van der Waals surface area contributed by atoms with Crippen molar-refractivity contribution in [3.05, 3.63) is 59.7 Å². The Kier molecular flexibility index (Phi) is 4.46. The Labute approximate surface area is 119 Å². The van der Waals surface area contributed by atoms with Crippen LogP contribution in [-0.4, -0.2) is 12.5 Å². The molecule has 0 heterocycles. The van der Waals surface area contributed by atoms with Crippen molar-refractivity contribution >= 4 is 11.6 Å². The standard InChI is InChI=1S/C15H10F2N2O2/c16-11-6-5-10(9-12(11)17)15(20)19-13-3-1-2-4-14(13)21-8-7-18/h1-6,9H,8H2,(H,19,20). The second-order valence-corrected chi connectivity index (χ2v) is 4.03. The monoisotopic (exact) mass is 288 g/mol. The van der Waals surface area contributed by atoms with E-state index in [-0.39, 0.29) is 12.2 Å². The van der Waals surface area contributed by atoms with Crippen molar-refractivity contribution in [2.24, 2.45) is 0 Å². The first-order valence-corrected chi connectivity index (χ1v) is 5.97. The van der Waals surface area contributed by atoms with E-state index in [1.165, 1.54) is 6.07 Å². The van der Waals surface area contributed by atoms with Gasteiger partial charge in [0.1, 0.15) is 11.8 Å². The number of carbonyl (C=O) groups is 1. The third kappa shape index (κ3) is 3.54. The Bertz CT molecular complexity index is 711. The fourth-order valence-corrected chi connectivity index (χ4v) is 1.64. The van der Waals surface area contributed by atoms with E-state index in [2.05, 4.69) is 5.32 Å². The van der Waals surface area contributed by atoms with Gasteiger partial charge in [0.2, 0.25) is 0 Å². The molecule has 0 atom stereocenters. The molecule has 0 saturated carbocycles. The molecule has 0 spiro atoms. The molecule has 106 valence electrons. The summed E-state index contributed by atoms with van der Waals surface area (Å²) in [4.78, 5) is 12.0. The SMILES string of the molecule is N#CCOc1ccccc1NC(=O)c1ccc(F)c(F)c1. The number of benzene rings is 2. The van der Waals surface area contributed by atoms with Gasteiger partial charge in [-0.05, 0) is 30.3 Å². The molecular weight excluding hydrogens is 278 g/mol. The number of nitriles is 1. The summed E-state index contributed by atoms with van der Waals surface area (Å²) >= 11 is 0. The van der Waals surface area contributed by atoms with Crippen LogP contribution in [0.4, 0.5) is 14.5 Å². The molecule has 21 heavy (non-hydrogen) atoms. The van der Waals surface area contributed by atoms with E-state index in [9.17, 15) is 13.6 Å². The van der Waals surface area contributed by atoms with Crippen LogP contribution in [0.1, 0.15) is 10.4 Å². The van der Waals surface area contributed by atoms with Crippen LogP contribution in [0.2, 0.25) is 0 Å². The van der Waals surface area contributed by atoms with Crippen LogP contribution in [-0.2, 0) is 0 Å². The molecule has 4 nitrogen and oxygen atoms in total. The number of para-hydroxylation sites is 2. The molecular formula is C15H10F2N2O2. The van der Waals surface area contributed by atoms with Gasteiger partial charge in [-0.15, -0.1) is 0 Å². The number of hydrogen-bond donors (Lipinski definition) is 1. The number of rotatable bonds is 4.